The summed E-state index contributed by atoms with van der Waals surface area (Å²) in [4.78, 5) is 18.7. The maximum absolute atomic E-state index is 13.2. The number of rotatable bonds is 9. The molecule has 2 fully saturated rings. The third-order valence-electron chi connectivity index (χ3n) is 6.00. The summed E-state index contributed by atoms with van der Waals surface area (Å²) in [5.41, 5.74) is 0.470. The number of carbonyl (C=O) groups is 1. The molecule has 10 heteroatoms. The van der Waals surface area contributed by atoms with E-state index in [4.69, 9.17) is 4.74 Å². The van der Waals surface area contributed by atoms with Crippen molar-refractivity contribution < 1.29 is 17.9 Å². The highest BCUT2D eigenvalue weighted by molar-refractivity contribution is 7.89. The first-order valence-electron chi connectivity index (χ1n) is 11.5. The van der Waals surface area contributed by atoms with E-state index in [1.54, 1.807) is 23.5 Å². The zero-order valence-electron chi connectivity index (χ0n) is 19.0. The number of nitrogens with zero attached hydrogens (tertiary/aromatic N) is 3. The molecule has 2 aliphatic heterocycles. The van der Waals surface area contributed by atoms with Gasteiger partial charge in [-0.3, -0.25) is 14.6 Å². The van der Waals surface area contributed by atoms with Crippen LogP contribution in [0.4, 0.5) is 5.69 Å². The first kappa shape index (κ1) is 24.2. The minimum atomic E-state index is -3.66. The van der Waals surface area contributed by atoms with Gasteiger partial charge in [-0.25, -0.2) is 8.42 Å². The topological polar surface area (TPSA) is 82.2 Å². The predicted molar refractivity (Wildman–Crippen MR) is 130 cm³/mol. The molecule has 0 radical (unpaired) electrons. The van der Waals surface area contributed by atoms with Crippen LogP contribution in [0.25, 0.3) is 0 Å². The number of nitrogens with one attached hydrogen (secondary N) is 1. The van der Waals surface area contributed by atoms with Crippen molar-refractivity contribution in [3.05, 3.63) is 40.6 Å². The summed E-state index contributed by atoms with van der Waals surface area (Å²) in [6.07, 6.45) is 1.72. The first-order valence-corrected chi connectivity index (χ1v) is 13.8. The van der Waals surface area contributed by atoms with Gasteiger partial charge in [-0.1, -0.05) is 6.07 Å². The molecular formula is C23H32N4O4S2. The van der Waals surface area contributed by atoms with E-state index in [0.29, 0.717) is 31.1 Å². The second kappa shape index (κ2) is 11.0. The second-order valence-corrected chi connectivity index (χ2v) is 11.3. The zero-order valence-corrected chi connectivity index (χ0v) is 20.7. The van der Waals surface area contributed by atoms with Crippen LogP contribution in [0.5, 0.6) is 5.75 Å². The predicted octanol–water partition coefficient (Wildman–Crippen LogP) is 2.69. The molecule has 1 aromatic carbocycles. The van der Waals surface area contributed by atoms with Gasteiger partial charge in [-0.05, 0) is 49.4 Å². The van der Waals surface area contributed by atoms with Gasteiger partial charge in [-0.2, -0.15) is 4.31 Å². The average molecular weight is 493 g/mol. The quantitative estimate of drug-likeness (QED) is 0.580. The molecule has 1 aromatic heterocycles. The molecule has 0 spiro atoms. The lowest BCUT2D eigenvalue weighted by Crippen LogP contribution is -2.48. The Kier molecular flexibility index (Phi) is 8.02. The lowest BCUT2D eigenvalue weighted by Gasteiger charge is -2.34. The first-order chi connectivity index (χ1) is 16.0. The van der Waals surface area contributed by atoms with E-state index >= 15 is 0 Å². The fraction of sp³-hybridized carbons (Fsp3) is 0.522. The van der Waals surface area contributed by atoms with Crippen molar-refractivity contribution in [3.63, 3.8) is 0 Å². The lowest BCUT2D eigenvalue weighted by atomic mass is 10.2. The largest absolute Gasteiger partial charge is 0.492 e. The highest BCUT2D eigenvalue weighted by Crippen LogP contribution is 2.31. The molecule has 180 valence electrons. The van der Waals surface area contributed by atoms with Crippen LogP contribution in [0.2, 0.25) is 0 Å². The van der Waals surface area contributed by atoms with Crippen LogP contribution in [0.3, 0.4) is 0 Å². The number of anilines is 1. The maximum atomic E-state index is 13.2. The van der Waals surface area contributed by atoms with Crippen molar-refractivity contribution in [3.8, 4) is 5.75 Å². The minimum Gasteiger partial charge on any atom is -0.492 e. The van der Waals surface area contributed by atoms with Crippen LogP contribution in [0.1, 0.15) is 24.6 Å². The van der Waals surface area contributed by atoms with Gasteiger partial charge in [0, 0.05) is 56.4 Å². The molecule has 1 N–H and O–H groups in total. The molecule has 0 atom stereocenters. The number of ether oxygens (including phenoxy) is 1. The minimum absolute atomic E-state index is 0.117. The van der Waals surface area contributed by atoms with Crippen molar-refractivity contribution in [1.29, 1.82) is 0 Å². The summed E-state index contributed by atoms with van der Waals surface area (Å²) >= 11 is 1.77. The number of piperazine rings is 1. The Bertz CT molecular complexity index is 1030. The number of amides is 1. The molecule has 0 bridgehead atoms. The highest BCUT2D eigenvalue weighted by atomic mass is 32.2. The number of hydrogen-bond acceptors (Lipinski definition) is 7. The van der Waals surface area contributed by atoms with E-state index in [-0.39, 0.29) is 17.3 Å². The molecule has 3 heterocycles. The van der Waals surface area contributed by atoms with Crippen LogP contribution < -0.4 is 10.1 Å². The van der Waals surface area contributed by atoms with Crippen molar-refractivity contribution in [2.75, 3.05) is 57.7 Å². The van der Waals surface area contributed by atoms with Gasteiger partial charge in [0.05, 0.1) is 13.2 Å². The molecule has 0 aliphatic carbocycles. The van der Waals surface area contributed by atoms with Crippen LogP contribution in [-0.2, 0) is 21.4 Å². The monoisotopic (exact) mass is 492 g/mol. The number of sulfonamides is 1. The number of hydrogen-bond donors (Lipinski definition) is 1. The number of benzene rings is 1. The van der Waals surface area contributed by atoms with E-state index in [1.165, 1.54) is 15.2 Å². The van der Waals surface area contributed by atoms with E-state index < -0.39 is 10.0 Å². The Morgan fingerprint density at radius 1 is 1.06 bits per heavy atom. The fourth-order valence-corrected chi connectivity index (χ4v) is 6.68. The molecule has 33 heavy (non-hydrogen) atoms. The van der Waals surface area contributed by atoms with E-state index in [2.05, 4.69) is 32.6 Å². The Morgan fingerprint density at radius 3 is 2.45 bits per heavy atom. The van der Waals surface area contributed by atoms with Crippen LogP contribution in [-0.4, -0.2) is 80.9 Å². The third-order valence-corrected chi connectivity index (χ3v) is 8.78. The molecule has 2 aromatic rings. The number of thiophene rings is 1. The van der Waals surface area contributed by atoms with Crippen LogP contribution >= 0.6 is 11.3 Å². The highest BCUT2D eigenvalue weighted by Gasteiger charge is 2.30. The standard InChI is InChI=1S/C23H32N4O4S2/c1-2-31-21-8-7-19(16-22(21)33(29,30)27-9-3-4-10-27)24-23(28)18-26-13-11-25(12-14-26)17-20-6-5-15-32-20/h5-8,15-16H,2-4,9-14,17-18H2,1H3,(H,24,28). The zero-order chi connectivity index (χ0) is 23.3. The van der Waals surface area contributed by atoms with Crippen molar-refractivity contribution in [1.82, 2.24) is 14.1 Å². The smallest absolute Gasteiger partial charge is 0.246 e. The van der Waals surface area contributed by atoms with Gasteiger partial charge in [0.1, 0.15) is 10.6 Å². The maximum Gasteiger partial charge on any atom is 0.246 e. The van der Waals surface area contributed by atoms with Crippen LogP contribution in [0, 0.1) is 0 Å². The summed E-state index contributed by atoms with van der Waals surface area (Å²) in [6, 6.07) is 9.08. The van der Waals surface area contributed by atoms with Crippen molar-refractivity contribution in [2.24, 2.45) is 0 Å². The summed E-state index contributed by atoms with van der Waals surface area (Å²) in [5.74, 6) is 0.180. The molecule has 4 rings (SSSR count). The third kappa shape index (κ3) is 6.13. The van der Waals surface area contributed by atoms with E-state index in [9.17, 15) is 13.2 Å². The molecule has 2 saturated heterocycles. The Hall–Kier alpha value is -1.98. The van der Waals surface area contributed by atoms with E-state index in [1.807, 2.05) is 6.92 Å². The van der Waals surface area contributed by atoms with Gasteiger partial charge < -0.3 is 10.1 Å². The van der Waals surface area contributed by atoms with E-state index in [0.717, 1.165) is 45.6 Å². The van der Waals surface area contributed by atoms with Gasteiger partial charge in [-0.15, -0.1) is 11.3 Å². The van der Waals surface area contributed by atoms with Crippen molar-refractivity contribution in [2.45, 2.75) is 31.2 Å². The Balaban J connectivity index is 1.36. The van der Waals surface area contributed by atoms with Crippen molar-refractivity contribution >= 4 is 33.0 Å². The van der Waals surface area contributed by atoms with Gasteiger partial charge in [0.2, 0.25) is 15.9 Å². The Morgan fingerprint density at radius 2 is 1.79 bits per heavy atom. The molecule has 8 nitrogen and oxygen atoms in total. The molecule has 0 unspecified atom stereocenters. The summed E-state index contributed by atoms with van der Waals surface area (Å²) in [6.45, 7) is 7.97. The molecule has 2 aliphatic rings. The van der Waals surface area contributed by atoms with Gasteiger partial charge in [0.15, 0.2) is 0 Å². The molecular weight excluding hydrogens is 460 g/mol. The fourth-order valence-electron chi connectivity index (χ4n) is 4.26. The van der Waals surface area contributed by atoms with Gasteiger partial charge in [0.25, 0.3) is 0 Å². The molecule has 1 amide bonds. The SMILES string of the molecule is CCOc1ccc(NC(=O)CN2CCN(Cc3cccs3)CC2)cc1S(=O)(=O)N1CCCC1. The van der Waals surface area contributed by atoms with Crippen LogP contribution in [0.15, 0.2) is 40.6 Å². The molecule has 0 saturated carbocycles. The summed E-state index contributed by atoms with van der Waals surface area (Å²) in [5, 5.41) is 4.97. The Labute approximate surface area is 200 Å². The summed E-state index contributed by atoms with van der Waals surface area (Å²) in [7, 11) is -3.66. The number of carbonyl (C=O) groups excluding carboxylic acids is 1. The lowest BCUT2D eigenvalue weighted by molar-refractivity contribution is -0.117. The second-order valence-electron chi connectivity index (χ2n) is 8.39. The normalized spacial score (nSPS) is 18.5. The average Bonchev–Trinajstić information content (AvgIpc) is 3.51. The summed E-state index contributed by atoms with van der Waals surface area (Å²) < 4.78 is 33.4. The van der Waals surface area contributed by atoms with Gasteiger partial charge >= 0.3 is 0 Å².